The van der Waals surface area contributed by atoms with Gasteiger partial charge in [0.1, 0.15) is 19.3 Å². The van der Waals surface area contributed by atoms with Crippen LogP contribution in [0.5, 0.6) is 11.5 Å². The Morgan fingerprint density at radius 2 is 1.85 bits per heavy atom. The first-order valence-electron chi connectivity index (χ1n) is 15.4. The van der Waals surface area contributed by atoms with E-state index in [1.807, 2.05) is 0 Å². The number of methoxy groups -OCH3 is 2. The zero-order valence-corrected chi connectivity index (χ0v) is 27.1. The van der Waals surface area contributed by atoms with Crippen molar-refractivity contribution < 1.29 is 52.8 Å². The first-order valence-corrected chi connectivity index (χ1v) is 15.4. The molecule has 15 heteroatoms. The van der Waals surface area contributed by atoms with Gasteiger partial charge in [0.2, 0.25) is 5.91 Å². The maximum Gasteiger partial charge on any atom is 0.416 e. The van der Waals surface area contributed by atoms with Crippen LogP contribution in [-0.4, -0.2) is 92.3 Å². The van der Waals surface area contributed by atoms with Crippen LogP contribution in [0.25, 0.3) is 0 Å². The summed E-state index contributed by atoms with van der Waals surface area (Å²) in [4.78, 5) is 65.5. The Hall–Kier alpha value is -5.31. The van der Waals surface area contributed by atoms with Crippen LogP contribution in [0.4, 0.5) is 21.0 Å². The topological polar surface area (TPSA) is 182 Å². The van der Waals surface area contributed by atoms with E-state index in [1.165, 1.54) is 39.4 Å². The number of esters is 1. The first kappa shape index (κ1) is 35.5. The Labute approximate surface area is 277 Å². The summed E-state index contributed by atoms with van der Waals surface area (Å²) in [5, 5.41) is 16.6. The Balaban J connectivity index is 1.48. The molecule has 0 bridgehead atoms. The number of aliphatic hydroxyl groups is 1. The van der Waals surface area contributed by atoms with Crippen molar-refractivity contribution in [1.82, 2.24) is 10.2 Å². The number of nitrogens with zero attached hydrogens (tertiary/aromatic N) is 2. The molecular formula is C33H40N4O11. The number of alkyl carbamates (subject to hydrolysis) is 1. The van der Waals surface area contributed by atoms with E-state index in [4.69, 9.17) is 18.9 Å². The molecule has 0 saturated carbocycles. The molecule has 2 aliphatic heterocycles. The number of ether oxygens (including phenoxy) is 5. The van der Waals surface area contributed by atoms with Gasteiger partial charge in [-0.15, -0.1) is 0 Å². The average molecular weight is 669 g/mol. The van der Waals surface area contributed by atoms with Gasteiger partial charge in [-0.05, 0) is 49.9 Å². The molecule has 4 rings (SSSR count). The van der Waals surface area contributed by atoms with Crippen molar-refractivity contribution in [2.75, 3.05) is 44.2 Å². The van der Waals surface area contributed by atoms with Gasteiger partial charge in [-0.3, -0.25) is 14.4 Å². The molecule has 258 valence electrons. The maximum atomic E-state index is 13.7. The second kappa shape index (κ2) is 16.5. The summed E-state index contributed by atoms with van der Waals surface area (Å²) in [6.07, 6.45) is -0.0383. The lowest BCUT2D eigenvalue weighted by Gasteiger charge is -2.31. The molecule has 2 aliphatic rings. The zero-order chi connectivity index (χ0) is 34.8. The van der Waals surface area contributed by atoms with Gasteiger partial charge in [0.15, 0.2) is 17.7 Å². The highest BCUT2D eigenvalue weighted by Crippen LogP contribution is 2.41. The van der Waals surface area contributed by atoms with Crippen LogP contribution >= 0.6 is 0 Å². The second-order valence-electron chi connectivity index (χ2n) is 11.0. The SMILES string of the molecule is C=CCOC(=O)NC(C)C(=O)Nc1ccc(COC(=O)N2c3cc(OCCCC(=O)OC)c(OC)cc3C(=O)N3CCCC3C2O)cc1. The number of nitrogens with one attached hydrogen (secondary N) is 2. The zero-order valence-electron chi connectivity index (χ0n) is 27.1. The molecule has 1 saturated heterocycles. The molecule has 0 radical (unpaired) electrons. The largest absolute Gasteiger partial charge is 0.493 e. The van der Waals surface area contributed by atoms with E-state index >= 15 is 0 Å². The van der Waals surface area contributed by atoms with Crippen molar-refractivity contribution >= 4 is 41.3 Å². The molecule has 2 aromatic carbocycles. The number of benzene rings is 2. The van der Waals surface area contributed by atoms with E-state index < -0.39 is 36.4 Å². The summed E-state index contributed by atoms with van der Waals surface area (Å²) in [5.74, 6) is -0.783. The Morgan fingerprint density at radius 1 is 1.10 bits per heavy atom. The third-order valence-electron chi connectivity index (χ3n) is 7.79. The van der Waals surface area contributed by atoms with E-state index in [-0.39, 0.29) is 60.9 Å². The fourth-order valence-corrected chi connectivity index (χ4v) is 5.29. The lowest BCUT2D eigenvalue weighted by atomic mass is 10.1. The second-order valence-corrected chi connectivity index (χ2v) is 11.0. The molecule has 1 fully saturated rings. The molecule has 0 spiro atoms. The standard InChI is InChI=1S/C33H40N4O11/c1-5-15-47-32(42)34-20(2)29(39)35-22-12-10-21(11-13-22)19-48-33(43)37-25-18-27(46-16-7-9-28(38)45-4)26(44-3)17-23(25)30(40)36-14-6-8-24(36)31(37)41/h5,10-13,17-18,20,24,31,41H,1,6-9,14-16,19H2,2-4H3,(H,34,42)(H,35,39). The van der Waals surface area contributed by atoms with Crippen molar-refractivity contribution in [2.45, 2.75) is 57.5 Å². The van der Waals surface area contributed by atoms with Gasteiger partial charge < -0.3 is 44.3 Å². The normalized spacial score (nSPS) is 17.2. The summed E-state index contributed by atoms with van der Waals surface area (Å²) >= 11 is 0. The van der Waals surface area contributed by atoms with Crippen molar-refractivity contribution in [1.29, 1.82) is 0 Å². The molecule has 3 unspecified atom stereocenters. The summed E-state index contributed by atoms with van der Waals surface area (Å²) in [6, 6.07) is 7.86. The van der Waals surface area contributed by atoms with Crippen LogP contribution in [0, 0.1) is 0 Å². The third kappa shape index (κ3) is 8.53. The van der Waals surface area contributed by atoms with Gasteiger partial charge >= 0.3 is 18.2 Å². The van der Waals surface area contributed by atoms with Gasteiger partial charge in [0, 0.05) is 24.7 Å². The molecule has 3 N–H and O–H groups in total. The fraction of sp³-hybridized carbons (Fsp3) is 0.424. The van der Waals surface area contributed by atoms with E-state index in [1.54, 1.807) is 29.2 Å². The van der Waals surface area contributed by atoms with Crippen LogP contribution in [0.2, 0.25) is 0 Å². The lowest BCUT2D eigenvalue weighted by molar-refractivity contribution is -0.140. The summed E-state index contributed by atoms with van der Waals surface area (Å²) in [5.41, 5.74) is 1.23. The number of anilines is 2. The van der Waals surface area contributed by atoms with Crippen molar-refractivity contribution in [3.8, 4) is 11.5 Å². The predicted molar refractivity (Wildman–Crippen MR) is 172 cm³/mol. The molecule has 2 heterocycles. The molecule has 0 aliphatic carbocycles. The smallest absolute Gasteiger partial charge is 0.416 e. The first-order chi connectivity index (χ1) is 23.1. The quantitative estimate of drug-likeness (QED) is 0.123. The molecule has 2 aromatic rings. The Kier molecular flexibility index (Phi) is 12.2. The van der Waals surface area contributed by atoms with Crippen LogP contribution in [-0.2, 0) is 30.4 Å². The number of fused-ring (bicyclic) bond motifs is 2. The minimum absolute atomic E-state index is 0.0105. The van der Waals surface area contributed by atoms with Crippen LogP contribution in [0.15, 0.2) is 49.1 Å². The number of amides is 4. The third-order valence-corrected chi connectivity index (χ3v) is 7.79. The fourth-order valence-electron chi connectivity index (χ4n) is 5.29. The van der Waals surface area contributed by atoms with Gasteiger partial charge in [-0.25, -0.2) is 14.5 Å². The Bertz CT molecular complexity index is 1510. The summed E-state index contributed by atoms with van der Waals surface area (Å²) in [6.45, 7) is 5.31. The number of aliphatic hydroxyl groups excluding tert-OH is 1. The molecule has 0 aromatic heterocycles. The van der Waals surface area contributed by atoms with Crippen molar-refractivity contribution in [3.63, 3.8) is 0 Å². The Morgan fingerprint density at radius 3 is 2.54 bits per heavy atom. The van der Waals surface area contributed by atoms with E-state index in [0.29, 0.717) is 37.1 Å². The molecule has 15 nitrogen and oxygen atoms in total. The van der Waals surface area contributed by atoms with Gasteiger partial charge in [0.25, 0.3) is 5.91 Å². The van der Waals surface area contributed by atoms with E-state index in [9.17, 15) is 29.1 Å². The van der Waals surface area contributed by atoms with Crippen LogP contribution < -0.4 is 25.0 Å². The summed E-state index contributed by atoms with van der Waals surface area (Å²) < 4.78 is 26.4. The van der Waals surface area contributed by atoms with Crippen molar-refractivity contribution in [3.05, 3.63) is 60.2 Å². The molecular weight excluding hydrogens is 628 g/mol. The highest BCUT2D eigenvalue weighted by atomic mass is 16.6. The molecule has 3 atom stereocenters. The monoisotopic (exact) mass is 668 g/mol. The van der Waals surface area contributed by atoms with Crippen molar-refractivity contribution in [2.24, 2.45) is 0 Å². The number of carbonyl (C=O) groups excluding carboxylic acids is 5. The average Bonchev–Trinajstić information content (AvgIpc) is 3.56. The maximum absolute atomic E-state index is 13.7. The molecule has 48 heavy (non-hydrogen) atoms. The van der Waals surface area contributed by atoms with Gasteiger partial charge in [-0.1, -0.05) is 24.8 Å². The lowest BCUT2D eigenvalue weighted by Crippen LogP contribution is -2.50. The number of hydrogen-bond acceptors (Lipinski definition) is 11. The van der Waals surface area contributed by atoms with E-state index in [0.717, 1.165) is 4.90 Å². The van der Waals surface area contributed by atoms with Crippen LogP contribution in [0.1, 0.15) is 48.5 Å². The molecule has 4 amide bonds. The number of carbonyl (C=O) groups is 5. The summed E-state index contributed by atoms with van der Waals surface area (Å²) in [7, 11) is 2.71. The minimum atomic E-state index is -1.41. The highest BCUT2D eigenvalue weighted by Gasteiger charge is 2.45. The van der Waals surface area contributed by atoms with E-state index in [2.05, 4.69) is 21.9 Å². The number of rotatable bonds is 13. The van der Waals surface area contributed by atoms with Gasteiger partial charge in [-0.2, -0.15) is 0 Å². The van der Waals surface area contributed by atoms with Gasteiger partial charge in [0.05, 0.1) is 38.1 Å². The predicted octanol–water partition coefficient (Wildman–Crippen LogP) is 3.35. The number of hydrogen-bond donors (Lipinski definition) is 3. The minimum Gasteiger partial charge on any atom is -0.493 e. The van der Waals surface area contributed by atoms with Crippen LogP contribution in [0.3, 0.4) is 0 Å². The highest BCUT2D eigenvalue weighted by molar-refractivity contribution is 6.06.